The molecule has 3 aliphatic heterocycles. The zero-order valence-corrected chi connectivity index (χ0v) is 16.9. The summed E-state index contributed by atoms with van der Waals surface area (Å²) in [6.45, 7) is 4.47. The Bertz CT molecular complexity index is 719. The van der Waals surface area contributed by atoms with Gasteiger partial charge in [0, 0.05) is 62.5 Å². The van der Waals surface area contributed by atoms with Crippen LogP contribution in [0.4, 0.5) is 0 Å². The largest absolute Gasteiger partial charge is 0.381 e. The van der Waals surface area contributed by atoms with Crippen molar-refractivity contribution in [3.63, 3.8) is 0 Å². The van der Waals surface area contributed by atoms with Gasteiger partial charge in [0.1, 0.15) is 6.61 Å². The molecule has 4 rings (SSSR count). The van der Waals surface area contributed by atoms with E-state index >= 15 is 0 Å². The maximum Gasteiger partial charge on any atom is 0.248 e. The lowest BCUT2D eigenvalue weighted by molar-refractivity contribution is -0.143. The normalized spacial score (nSPS) is 22.2. The molecule has 0 bridgehead atoms. The molecule has 0 spiro atoms. The summed E-state index contributed by atoms with van der Waals surface area (Å²) in [5.41, 5.74) is 7.21. The van der Waals surface area contributed by atoms with Crippen LogP contribution in [-0.4, -0.2) is 78.7 Å². The van der Waals surface area contributed by atoms with Crippen LogP contribution < -0.4 is 5.73 Å². The summed E-state index contributed by atoms with van der Waals surface area (Å²) >= 11 is 1.81. The number of carbonyl (C=O) groups excluding carboxylic acids is 2. The zero-order chi connectivity index (χ0) is 19.5. The molecular weight excluding hydrogens is 380 g/mol. The summed E-state index contributed by atoms with van der Waals surface area (Å²) < 4.78 is 10.6. The van der Waals surface area contributed by atoms with Crippen molar-refractivity contribution in [1.29, 1.82) is 0 Å². The predicted octanol–water partition coefficient (Wildman–Crippen LogP) is 0.498. The molecule has 2 fully saturated rings. The molecule has 2 N–H and O–H groups in total. The third-order valence-corrected chi connectivity index (χ3v) is 6.96. The number of hydrogen-bond acceptors (Lipinski definition) is 7. The van der Waals surface area contributed by atoms with Crippen molar-refractivity contribution in [3.8, 4) is 0 Å². The van der Waals surface area contributed by atoms with Gasteiger partial charge >= 0.3 is 0 Å². The van der Waals surface area contributed by atoms with Crippen molar-refractivity contribution in [1.82, 2.24) is 14.8 Å². The van der Waals surface area contributed by atoms with Crippen molar-refractivity contribution in [2.75, 3.05) is 46.1 Å². The van der Waals surface area contributed by atoms with E-state index in [1.54, 1.807) is 4.90 Å². The number of morpholine rings is 1. The first kappa shape index (κ1) is 19.8. The molecular formula is C19H28N4O4S. The number of nitrogens with zero attached hydrogens (tertiary/aromatic N) is 3. The van der Waals surface area contributed by atoms with Gasteiger partial charge in [-0.2, -0.15) is 0 Å². The first-order chi connectivity index (χ1) is 13.6. The molecule has 0 aliphatic carbocycles. The molecule has 0 aromatic carbocycles. The smallest absolute Gasteiger partial charge is 0.248 e. The van der Waals surface area contributed by atoms with Crippen molar-refractivity contribution < 1.29 is 19.1 Å². The van der Waals surface area contributed by atoms with Gasteiger partial charge in [-0.25, -0.2) is 4.98 Å². The van der Waals surface area contributed by atoms with Gasteiger partial charge in [0.2, 0.25) is 11.8 Å². The molecule has 4 heterocycles. The van der Waals surface area contributed by atoms with Gasteiger partial charge in [-0.3, -0.25) is 9.59 Å². The van der Waals surface area contributed by atoms with Crippen LogP contribution in [-0.2, 0) is 32.0 Å². The van der Waals surface area contributed by atoms with E-state index in [0.717, 1.165) is 38.2 Å². The van der Waals surface area contributed by atoms with Crippen molar-refractivity contribution in [2.24, 2.45) is 5.73 Å². The number of rotatable bonds is 5. The van der Waals surface area contributed by atoms with Crippen LogP contribution in [0.2, 0.25) is 0 Å². The summed E-state index contributed by atoms with van der Waals surface area (Å²) in [6, 6.07) is -0.357. The highest BCUT2D eigenvalue weighted by Crippen LogP contribution is 2.34. The molecule has 3 aliphatic rings. The minimum Gasteiger partial charge on any atom is -0.381 e. The number of fused-ring (bicyclic) bond motifs is 1. The van der Waals surface area contributed by atoms with Crippen LogP contribution in [0.25, 0.3) is 0 Å². The third-order valence-electron chi connectivity index (χ3n) is 5.64. The van der Waals surface area contributed by atoms with Gasteiger partial charge in [0.05, 0.1) is 23.9 Å². The second kappa shape index (κ2) is 8.86. The molecule has 2 amide bonds. The van der Waals surface area contributed by atoms with E-state index in [1.807, 2.05) is 16.2 Å². The summed E-state index contributed by atoms with van der Waals surface area (Å²) in [4.78, 5) is 34.3. The van der Waals surface area contributed by atoms with Crippen LogP contribution in [0.3, 0.4) is 0 Å². The minimum atomic E-state index is -0.357. The molecule has 2 saturated heterocycles. The van der Waals surface area contributed by atoms with E-state index in [0.29, 0.717) is 38.7 Å². The summed E-state index contributed by atoms with van der Waals surface area (Å²) in [6.07, 6.45) is 3.17. The third kappa shape index (κ3) is 4.53. The second-order valence-corrected chi connectivity index (χ2v) is 8.85. The summed E-state index contributed by atoms with van der Waals surface area (Å²) in [5.74, 6) is 0.479. The molecule has 1 atom stereocenters. The molecule has 1 aromatic heterocycles. The van der Waals surface area contributed by atoms with Crippen LogP contribution in [0.1, 0.15) is 40.8 Å². The Hall–Kier alpha value is -1.55. The Morgan fingerprint density at radius 3 is 2.86 bits per heavy atom. The summed E-state index contributed by atoms with van der Waals surface area (Å²) in [5, 5.41) is 1.20. The van der Waals surface area contributed by atoms with Gasteiger partial charge in [-0.15, -0.1) is 11.3 Å². The summed E-state index contributed by atoms with van der Waals surface area (Å²) in [7, 11) is 0. The molecule has 0 saturated carbocycles. The second-order valence-electron chi connectivity index (χ2n) is 7.73. The van der Waals surface area contributed by atoms with E-state index in [9.17, 15) is 9.59 Å². The molecule has 8 nitrogen and oxygen atoms in total. The molecule has 9 heteroatoms. The lowest BCUT2D eigenvalue weighted by Gasteiger charge is -2.31. The van der Waals surface area contributed by atoms with Crippen molar-refractivity contribution in [2.45, 2.75) is 44.2 Å². The number of amides is 2. The van der Waals surface area contributed by atoms with Gasteiger partial charge in [0.15, 0.2) is 0 Å². The Morgan fingerprint density at radius 2 is 2.07 bits per heavy atom. The Kier molecular flexibility index (Phi) is 6.25. The highest BCUT2D eigenvalue weighted by Gasteiger charge is 2.28. The van der Waals surface area contributed by atoms with E-state index in [-0.39, 0.29) is 30.9 Å². The SMILES string of the molecule is N[C@@H](CC(=O)N1CCc2sc(C3CCOCC3)nc2C1)CN1CCOCC1=O. The maximum absolute atomic E-state index is 12.7. The first-order valence-corrected chi connectivity index (χ1v) is 10.9. The maximum atomic E-state index is 12.7. The number of carbonyl (C=O) groups is 2. The first-order valence-electron chi connectivity index (χ1n) is 10.0. The Morgan fingerprint density at radius 1 is 1.25 bits per heavy atom. The van der Waals surface area contributed by atoms with Crippen LogP contribution >= 0.6 is 11.3 Å². The molecule has 0 radical (unpaired) electrons. The number of thiazole rings is 1. The topological polar surface area (TPSA) is 98.0 Å². The van der Waals surface area contributed by atoms with Gasteiger partial charge in [0.25, 0.3) is 0 Å². The standard InChI is InChI=1S/C19H28N4O4S/c20-14(10-23-5-8-27-12-18(23)25)9-17(24)22-4-1-16-15(11-22)21-19(28-16)13-2-6-26-7-3-13/h13-14H,1-12,20H2/t14-/m0/s1. The quantitative estimate of drug-likeness (QED) is 0.762. The monoisotopic (exact) mass is 408 g/mol. The number of aromatic nitrogens is 1. The van der Waals surface area contributed by atoms with Gasteiger partial charge in [-0.1, -0.05) is 0 Å². The highest BCUT2D eigenvalue weighted by molar-refractivity contribution is 7.11. The fourth-order valence-corrected chi connectivity index (χ4v) is 5.23. The fraction of sp³-hybridized carbons (Fsp3) is 0.737. The average molecular weight is 409 g/mol. The van der Waals surface area contributed by atoms with E-state index in [4.69, 9.17) is 20.2 Å². The Balaban J connectivity index is 1.31. The van der Waals surface area contributed by atoms with E-state index < -0.39 is 0 Å². The fourth-order valence-electron chi connectivity index (χ4n) is 3.99. The number of nitrogens with two attached hydrogens (primary N) is 1. The molecule has 154 valence electrons. The van der Waals surface area contributed by atoms with Gasteiger partial charge in [-0.05, 0) is 12.8 Å². The highest BCUT2D eigenvalue weighted by atomic mass is 32.1. The minimum absolute atomic E-state index is 0.0412. The van der Waals surface area contributed by atoms with Crippen molar-refractivity contribution >= 4 is 23.2 Å². The van der Waals surface area contributed by atoms with Crippen LogP contribution in [0, 0.1) is 0 Å². The van der Waals surface area contributed by atoms with E-state index in [2.05, 4.69) is 0 Å². The van der Waals surface area contributed by atoms with Crippen LogP contribution in [0.5, 0.6) is 0 Å². The van der Waals surface area contributed by atoms with Crippen LogP contribution in [0.15, 0.2) is 0 Å². The van der Waals surface area contributed by atoms with Crippen molar-refractivity contribution in [3.05, 3.63) is 15.6 Å². The lowest BCUT2D eigenvalue weighted by Crippen LogP contribution is -2.49. The lowest BCUT2D eigenvalue weighted by atomic mass is 10.0. The molecule has 0 unspecified atom stereocenters. The number of hydrogen-bond donors (Lipinski definition) is 1. The zero-order valence-electron chi connectivity index (χ0n) is 16.1. The average Bonchev–Trinajstić information content (AvgIpc) is 3.14. The van der Waals surface area contributed by atoms with Gasteiger partial charge < -0.3 is 25.0 Å². The predicted molar refractivity (Wildman–Crippen MR) is 104 cm³/mol. The Labute approximate surface area is 169 Å². The number of ether oxygens (including phenoxy) is 2. The molecule has 28 heavy (non-hydrogen) atoms. The molecule has 1 aromatic rings. The van der Waals surface area contributed by atoms with E-state index in [1.165, 1.54) is 9.88 Å².